The SMILES string of the molecule is CNS(=O)(=O)CCCN1CCC[C@H](C(=O)Nc2ccccn2)C1. The molecule has 23 heavy (non-hydrogen) atoms. The number of aromatic nitrogens is 1. The lowest BCUT2D eigenvalue weighted by molar-refractivity contribution is -0.121. The molecule has 0 unspecified atom stereocenters. The van der Waals surface area contributed by atoms with E-state index in [1.54, 1.807) is 18.3 Å². The Balaban J connectivity index is 1.80. The van der Waals surface area contributed by atoms with E-state index in [1.807, 2.05) is 6.07 Å². The van der Waals surface area contributed by atoms with Crippen molar-refractivity contribution in [1.29, 1.82) is 0 Å². The quantitative estimate of drug-likeness (QED) is 0.761. The topological polar surface area (TPSA) is 91.4 Å². The second kappa shape index (κ2) is 8.37. The smallest absolute Gasteiger partial charge is 0.229 e. The van der Waals surface area contributed by atoms with Gasteiger partial charge in [-0.2, -0.15) is 0 Å². The van der Waals surface area contributed by atoms with E-state index in [0.29, 0.717) is 25.3 Å². The summed E-state index contributed by atoms with van der Waals surface area (Å²) in [6, 6.07) is 5.40. The third-order valence-electron chi connectivity index (χ3n) is 3.99. The molecule has 8 heteroatoms. The number of rotatable bonds is 7. The first-order valence-corrected chi connectivity index (χ1v) is 9.51. The lowest BCUT2D eigenvalue weighted by Crippen LogP contribution is -2.41. The van der Waals surface area contributed by atoms with E-state index < -0.39 is 10.0 Å². The maximum atomic E-state index is 12.3. The summed E-state index contributed by atoms with van der Waals surface area (Å²) in [7, 11) is -1.73. The summed E-state index contributed by atoms with van der Waals surface area (Å²) in [6.07, 6.45) is 4.01. The lowest BCUT2D eigenvalue weighted by Gasteiger charge is -2.31. The lowest BCUT2D eigenvalue weighted by atomic mass is 9.97. The van der Waals surface area contributed by atoms with E-state index >= 15 is 0 Å². The maximum Gasteiger partial charge on any atom is 0.229 e. The Morgan fingerprint density at radius 3 is 2.96 bits per heavy atom. The predicted octanol–water partition coefficient (Wildman–Crippen LogP) is 0.671. The van der Waals surface area contributed by atoms with Gasteiger partial charge in [0.15, 0.2) is 0 Å². The van der Waals surface area contributed by atoms with Crippen molar-refractivity contribution >= 4 is 21.7 Å². The fraction of sp³-hybridized carbons (Fsp3) is 0.600. The van der Waals surface area contributed by atoms with Crippen molar-refractivity contribution in [2.75, 3.05) is 37.8 Å². The highest BCUT2D eigenvalue weighted by molar-refractivity contribution is 7.89. The van der Waals surface area contributed by atoms with Gasteiger partial charge in [0.1, 0.15) is 5.82 Å². The van der Waals surface area contributed by atoms with Gasteiger partial charge < -0.3 is 10.2 Å². The molecule has 2 heterocycles. The Kier molecular flexibility index (Phi) is 6.49. The van der Waals surface area contributed by atoms with Crippen molar-refractivity contribution in [1.82, 2.24) is 14.6 Å². The number of nitrogens with one attached hydrogen (secondary N) is 2. The van der Waals surface area contributed by atoms with Crippen LogP contribution in [0.4, 0.5) is 5.82 Å². The van der Waals surface area contributed by atoms with Crippen LogP contribution in [0.2, 0.25) is 0 Å². The standard InChI is InChI=1S/C15H24N4O3S/c1-16-23(21,22)11-5-10-19-9-4-6-13(12-19)15(20)18-14-7-2-3-8-17-14/h2-3,7-8,13,16H,4-6,9-12H2,1H3,(H,17,18,20)/t13-/m0/s1. The second-order valence-electron chi connectivity index (χ2n) is 5.72. The number of likely N-dealkylation sites (tertiary alicyclic amines) is 1. The van der Waals surface area contributed by atoms with Gasteiger partial charge in [0.2, 0.25) is 15.9 Å². The molecule has 0 aliphatic carbocycles. The monoisotopic (exact) mass is 340 g/mol. The van der Waals surface area contributed by atoms with Crippen LogP contribution >= 0.6 is 0 Å². The van der Waals surface area contributed by atoms with Gasteiger partial charge in [-0.25, -0.2) is 18.1 Å². The third-order valence-corrected chi connectivity index (χ3v) is 5.44. The molecule has 1 aromatic heterocycles. The number of pyridine rings is 1. The van der Waals surface area contributed by atoms with Crippen molar-refractivity contribution in [2.45, 2.75) is 19.3 Å². The molecule has 2 N–H and O–H groups in total. The summed E-state index contributed by atoms with van der Waals surface area (Å²) in [5.41, 5.74) is 0. The predicted molar refractivity (Wildman–Crippen MR) is 89.5 cm³/mol. The molecule has 0 spiro atoms. The van der Waals surface area contributed by atoms with Gasteiger partial charge in [-0.3, -0.25) is 4.79 Å². The summed E-state index contributed by atoms with van der Waals surface area (Å²) in [6.45, 7) is 2.26. The third kappa shape index (κ3) is 5.89. The number of sulfonamides is 1. The number of nitrogens with zero attached hydrogens (tertiary/aromatic N) is 2. The maximum absolute atomic E-state index is 12.3. The van der Waals surface area contributed by atoms with Crippen molar-refractivity contribution in [2.24, 2.45) is 5.92 Å². The number of carbonyl (C=O) groups is 1. The minimum absolute atomic E-state index is 0.0174. The number of carbonyl (C=O) groups excluding carboxylic acids is 1. The molecule has 0 saturated carbocycles. The van der Waals surface area contributed by atoms with Crippen molar-refractivity contribution in [3.63, 3.8) is 0 Å². The molecule has 1 atom stereocenters. The van der Waals surface area contributed by atoms with Gasteiger partial charge >= 0.3 is 0 Å². The molecule has 1 fully saturated rings. The zero-order valence-corrected chi connectivity index (χ0v) is 14.2. The molecule has 0 radical (unpaired) electrons. The largest absolute Gasteiger partial charge is 0.310 e. The van der Waals surface area contributed by atoms with Gasteiger partial charge in [0, 0.05) is 12.7 Å². The van der Waals surface area contributed by atoms with Gasteiger partial charge in [-0.15, -0.1) is 0 Å². The number of amides is 1. The average Bonchev–Trinajstić information content (AvgIpc) is 2.56. The zero-order chi connectivity index (χ0) is 16.7. The molecule has 1 amide bonds. The first kappa shape index (κ1) is 17.8. The van der Waals surface area contributed by atoms with Crippen LogP contribution in [0.15, 0.2) is 24.4 Å². The molecule has 1 aliphatic rings. The average molecular weight is 340 g/mol. The highest BCUT2D eigenvalue weighted by Gasteiger charge is 2.26. The number of hydrogen-bond acceptors (Lipinski definition) is 5. The highest BCUT2D eigenvalue weighted by atomic mass is 32.2. The van der Waals surface area contributed by atoms with Crippen LogP contribution in [0.25, 0.3) is 0 Å². The number of hydrogen-bond donors (Lipinski definition) is 2. The van der Waals surface area contributed by atoms with Crippen LogP contribution in [0.5, 0.6) is 0 Å². The molecule has 0 bridgehead atoms. The fourth-order valence-electron chi connectivity index (χ4n) is 2.72. The summed E-state index contributed by atoms with van der Waals surface area (Å²) in [5, 5.41) is 2.84. The molecule has 0 aromatic carbocycles. The van der Waals surface area contributed by atoms with Gasteiger partial charge in [0.25, 0.3) is 0 Å². The normalized spacial score (nSPS) is 19.4. The Morgan fingerprint density at radius 2 is 2.26 bits per heavy atom. The van der Waals surface area contributed by atoms with Crippen molar-refractivity contribution in [3.8, 4) is 0 Å². The number of piperidine rings is 1. The first-order chi connectivity index (χ1) is 11.0. The van der Waals surface area contributed by atoms with Crippen LogP contribution in [0.1, 0.15) is 19.3 Å². The van der Waals surface area contributed by atoms with Gasteiger partial charge in [0.05, 0.1) is 11.7 Å². The van der Waals surface area contributed by atoms with E-state index in [0.717, 1.165) is 19.4 Å². The van der Waals surface area contributed by atoms with Crippen LogP contribution in [0.3, 0.4) is 0 Å². The molecular weight excluding hydrogens is 316 g/mol. The first-order valence-electron chi connectivity index (χ1n) is 7.85. The minimum Gasteiger partial charge on any atom is -0.310 e. The fourth-order valence-corrected chi connectivity index (χ4v) is 3.43. The minimum atomic E-state index is -3.16. The Labute approximate surface area is 137 Å². The number of anilines is 1. The molecule has 7 nitrogen and oxygen atoms in total. The van der Waals surface area contributed by atoms with Gasteiger partial charge in [-0.1, -0.05) is 6.07 Å². The second-order valence-corrected chi connectivity index (χ2v) is 7.77. The summed E-state index contributed by atoms with van der Waals surface area (Å²) in [4.78, 5) is 18.6. The van der Waals surface area contributed by atoms with E-state index in [-0.39, 0.29) is 17.6 Å². The van der Waals surface area contributed by atoms with Crippen molar-refractivity contribution in [3.05, 3.63) is 24.4 Å². The molecule has 1 aromatic rings. The van der Waals surface area contributed by atoms with E-state index in [9.17, 15) is 13.2 Å². The molecule has 128 valence electrons. The molecular formula is C15H24N4O3S. The Bertz CT molecular complexity index is 606. The van der Waals surface area contributed by atoms with Crippen molar-refractivity contribution < 1.29 is 13.2 Å². The van der Waals surface area contributed by atoms with E-state index in [2.05, 4.69) is 19.9 Å². The summed E-state index contributed by atoms with van der Waals surface area (Å²) < 4.78 is 25.1. The summed E-state index contributed by atoms with van der Waals surface area (Å²) in [5.74, 6) is 0.586. The highest BCUT2D eigenvalue weighted by Crippen LogP contribution is 2.18. The Hall–Kier alpha value is -1.51. The zero-order valence-electron chi connectivity index (χ0n) is 13.4. The van der Waals surface area contributed by atoms with Crippen LogP contribution < -0.4 is 10.0 Å². The summed E-state index contributed by atoms with van der Waals surface area (Å²) >= 11 is 0. The molecule has 2 rings (SSSR count). The van der Waals surface area contributed by atoms with E-state index in [1.165, 1.54) is 7.05 Å². The van der Waals surface area contributed by atoms with Crippen LogP contribution in [-0.4, -0.2) is 56.6 Å². The Morgan fingerprint density at radius 1 is 1.43 bits per heavy atom. The van der Waals surface area contributed by atoms with Crippen LogP contribution in [-0.2, 0) is 14.8 Å². The molecule has 1 saturated heterocycles. The van der Waals surface area contributed by atoms with Crippen LogP contribution in [0, 0.1) is 5.92 Å². The van der Waals surface area contributed by atoms with Gasteiger partial charge in [-0.05, 0) is 51.5 Å². The molecule has 1 aliphatic heterocycles. The van der Waals surface area contributed by atoms with E-state index in [4.69, 9.17) is 0 Å².